The number of ketones is 1. The summed E-state index contributed by atoms with van der Waals surface area (Å²) in [5.41, 5.74) is 6.87. The van der Waals surface area contributed by atoms with Gasteiger partial charge in [0.05, 0.1) is 59.8 Å². The van der Waals surface area contributed by atoms with E-state index >= 15 is 0 Å². The van der Waals surface area contributed by atoms with Gasteiger partial charge in [-0.25, -0.2) is 0 Å². The molecule has 9 aromatic rings. The first-order chi connectivity index (χ1) is 56.6. The van der Waals surface area contributed by atoms with Crippen LogP contribution >= 0.6 is 0 Å². The SMILES string of the molecule is COc1ccccc1C(=O)NCC1(c2ccccc2)CCCN(Cc2ccccc2)CC1.COc1ccccc1C(=O)NCC1(c2ccccc2)CCCNCC1.N#CC1(c2ccccc2)CCC(=O)CC1.N#CC1(c2ccccc2)CCC(=O)N(C(=O)c2ccccc2)CC1.N#CC1(c2ccccc2)CCNC(=O)CC1.O=S(=O)(O)O. The van der Waals surface area contributed by atoms with Crippen molar-refractivity contribution in [3.8, 4) is 29.7 Å². The number of carbonyl (C=O) groups excluding carboxylic acids is 6. The third-order valence-electron chi connectivity index (χ3n) is 22.8. The lowest BCUT2D eigenvalue weighted by Gasteiger charge is -2.34. The molecule has 4 unspecified atom stereocenters. The van der Waals surface area contributed by atoms with Crippen LogP contribution in [0.25, 0.3) is 0 Å². The Hall–Kier alpha value is -11.9. The van der Waals surface area contributed by atoms with Crippen LogP contribution in [0.3, 0.4) is 0 Å². The summed E-state index contributed by atoms with van der Waals surface area (Å²) < 4.78 is 42.3. The van der Waals surface area contributed by atoms with Crippen molar-refractivity contribution in [3.63, 3.8) is 0 Å². The number of nitrogens with zero attached hydrogens (tertiary/aromatic N) is 5. The van der Waals surface area contributed by atoms with Crippen molar-refractivity contribution in [3.05, 3.63) is 311 Å². The highest BCUT2D eigenvalue weighted by Crippen LogP contribution is 2.41. The molecular formula is C95H105N9O12S. The molecule has 0 spiro atoms. The molecule has 5 amide bonds. The zero-order valence-electron chi connectivity index (χ0n) is 66.6. The minimum atomic E-state index is -4.67. The van der Waals surface area contributed by atoms with Crippen molar-refractivity contribution >= 4 is 45.7 Å². The van der Waals surface area contributed by atoms with E-state index in [0.717, 1.165) is 87.9 Å². The van der Waals surface area contributed by atoms with Crippen molar-refractivity contribution in [1.82, 2.24) is 31.1 Å². The predicted octanol–water partition coefficient (Wildman–Crippen LogP) is 15.2. The van der Waals surface area contributed by atoms with E-state index < -0.39 is 26.6 Å². The normalized spacial score (nSPS) is 20.4. The van der Waals surface area contributed by atoms with Crippen molar-refractivity contribution in [2.75, 3.05) is 66.6 Å². The van der Waals surface area contributed by atoms with Gasteiger partial charge < -0.3 is 30.7 Å². The lowest BCUT2D eigenvalue weighted by Crippen LogP contribution is -2.41. The van der Waals surface area contributed by atoms with E-state index in [4.69, 9.17) is 27.0 Å². The summed E-state index contributed by atoms with van der Waals surface area (Å²) in [6.07, 6.45) is 11.6. The van der Waals surface area contributed by atoms with Crippen molar-refractivity contribution in [2.24, 2.45) is 0 Å². The Morgan fingerprint density at radius 1 is 0.436 bits per heavy atom. The summed E-state index contributed by atoms with van der Waals surface area (Å²) in [5, 5.41) is 41.2. The molecule has 22 heteroatoms. The number of rotatable bonds is 16. The van der Waals surface area contributed by atoms with Gasteiger partial charge in [0, 0.05) is 74.8 Å². The first-order valence-corrected chi connectivity index (χ1v) is 41.2. The molecule has 1 saturated carbocycles. The van der Waals surface area contributed by atoms with E-state index in [1.807, 2.05) is 146 Å². The Kier molecular flexibility index (Phi) is 33.7. The average Bonchev–Trinajstić information content (AvgIpc) is 1.71. The summed E-state index contributed by atoms with van der Waals surface area (Å²) in [6.45, 7) is 7.16. The molecular weight excluding hydrogens is 1490 g/mol. The molecule has 9 aromatic carbocycles. The van der Waals surface area contributed by atoms with Crippen LogP contribution in [0.1, 0.15) is 167 Å². The quantitative estimate of drug-likeness (QED) is 0.0387. The number of likely N-dealkylation sites (tertiary alicyclic amines) is 2. The Balaban J connectivity index is 0.000000168. The van der Waals surface area contributed by atoms with Gasteiger partial charge >= 0.3 is 10.4 Å². The average molecular weight is 1600 g/mol. The number of Topliss-reactive ketones (excluding diaryl/α,β-unsaturated/α-hetero) is 1. The van der Waals surface area contributed by atoms with E-state index in [1.54, 1.807) is 44.6 Å². The van der Waals surface area contributed by atoms with Crippen LogP contribution in [0, 0.1) is 34.0 Å². The number of amides is 5. The summed E-state index contributed by atoms with van der Waals surface area (Å²) in [4.78, 5) is 77.2. The van der Waals surface area contributed by atoms with Crippen LogP contribution in [-0.4, -0.2) is 129 Å². The third-order valence-corrected chi connectivity index (χ3v) is 22.8. The van der Waals surface area contributed by atoms with E-state index in [1.165, 1.54) is 21.6 Å². The molecule has 4 saturated heterocycles. The Bertz CT molecular complexity index is 4910. The highest BCUT2D eigenvalue weighted by Gasteiger charge is 2.41. The largest absolute Gasteiger partial charge is 0.496 e. The Morgan fingerprint density at radius 3 is 1.30 bits per heavy atom. The zero-order chi connectivity index (χ0) is 83.4. The zero-order valence-corrected chi connectivity index (χ0v) is 67.4. The van der Waals surface area contributed by atoms with Crippen LogP contribution in [0.15, 0.2) is 261 Å². The third kappa shape index (κ3) is 25.5. The van der Waals surface area contributed by atoms with Crippen LogP contribution < -0.4 is 30.7 Å². The van der Waals surface area contributed by atoms with Crippen LogP contribution in [0.2, 0.25) is 0 Å². The number of benzene rings is 9. The van der Waals surface area contributed by atoms with Gasteiger partial charge in [0.25, 0.3) is 17.7 Å². The molecule has 608 valence electrons. The van der Waals surface area contributed by atoms with Gasteiger partial charge in [0.15, 0.2) is 0 Å². The maximum absolute atomic E-state index is 13.0. The van der Waals surface area contributed by atoms with E-state index in [-0.39, 0.29) is 59.1 Å². The standard InChI is InChI=1S/C28H32N2O2.C21H26N2O2.C20H18N2O2.C13H14N2O.C13H13NO.H2O4S/c1-32-26-16-9-8-15-25(26)27(31)29-22-28(24-13-6-3-7-14-24)17-10-19-30(20-18-28)21-23-11-4-2-5-12-23;1-25-19-11-6-5-10-18(19)20(24)23-16-21(12-7-14-22-15-13-21)17-8-3-2-4-9-17;21-15-20(17-9-5-2-6-10-17)12-11-18(23)22(14-13-20)19(24)16-7-3-1-4-8-16;14-10-13(11-4-2-1-3-5-11)7-6-12(16)15-9-8-13;14-10-13(8-6-12(15)7-9-13)11-4-2-1-3-5-11;1-5(2,3)4/h2-9,11-16H,10,17-22H2,1H3,(H,29,31);2-6,8-11,22H,7,12-16H2,1H3,(H,23,24);1-10H,11-14H2;1-5H,6-9H2,(H,15,16);1-5H,6-9H2;(H2,1,2,3,4). The maximum atomic E-state index is 13.0. The molecule has 4 atom stereocenters. The highest BCUT2D eigenvalue weighted by molar-refractivity contribution is 7.79. The van der Waals surface area contributed by atoms with Gasteiger partial charge in [-0.2, -0.15) is 24.2 Å². The Labute approximate surface area is 688 Å². The number of nitriles is 3. The molecule has 4 aliphatic heterocycles. The predicted molar refractivity (Wildman–Crippen MR) is 451 cm³/mol. The molecule has 4 heterocycles. The minimum Gasteiger partial charge on any atom is -0.496 e. The minimum absolute atomic E-state index is 0.0254. The van der Waals surface area contributed by atoms with Crippen molar-refractivity contribution in [2.45, 2.75) is 136 Å². The molecule has 5 fully saturated rings. The fraction of sp³-hybridized carbons (Fsp3) is 0.337. The van der Waals surface area contributed by atoms with E-state index in [2.05, 4.69) is 129 Å². The van der Waals surface area contributed by atoms with Gasteiger partial charge in [0.2, 0.25) is 11.8 Å². The first-order valence-electron chi connectivity index (χ1n) is 39.8. The molecule has 0 aromatic heterocycles. The smallest absolute Gasteiger partial charge is 0.394 e. The molecule has 21 nitrogen and oxygen atoms in total. The number of para-hydroxylation sites is 2. The topological polar surface area (TPSA) is 321 Å². The van der Waals surface area contributed by atoms with Crippen LogP contribution in [-0.2, 0) is 58.4 Å². The second kappa shape index (κ2) is 44.2. The lowest BCUT2D eigenvalue weighted by atomic mass is 9.70. The molecule has 6 N–H and O–H groups in total. The summed E-state index contributed by atoms with van der Waals surface area (Å²) >= 11 is 0. The molecule has 5 aliphatic rings. The number of nitrogens with one attached hydrogen (secondary N) is 4. The van der Waals surface area contributed by atoms with Gasteiger partial charge in [-0.05, 0) is 173 Å². The molecule has 14 rings (SSSR count). The molecule has 117 heavy (non-hydrogen) atoms. The van der Waals surface area contributed by atoms with Crippen molar-refractivity contribution in [1.29, 1.82) is 15.8 Å². The lowest BCUT2D eigenvalue weighted by molar-refractivity contribution is -0.128. The van der Waals surface area contributed by atoms with Gasteiger partial charge in [-0.3, -0.25) is 47.7 Å². The van der Waals surface area contributed by atoms with Gasteiger partial charge in [-0.1, -0.05) is 224 Å². The van der Waals surface area contributed by atoms with Crippen LogP contribution in [0.4, 0.5) is 0 Å². The fourth-order valence-corrected chi connectivity index (χ4v) is 16.0. The number of hydrogen-bond donors (Lipinski definition) is 6. The van der Waals surface area contributed by atoms with E-state index in [9.17, 15) is 44.6 Å². The second-order valence-electron chi connectivity index (χ2n) is 30.0. The number of ether oxygens (including phenoxy) is 2. The summed E-state index contributed by atoms with van der Waals surface area (Å²) in [6, 6.07) is 91.8. The second-order valence-corrected chi connectivity index (χ2v) is 30.9. The van der Waals surface area contributed by atoms with Gasteiger partial charge in [-0.15, -0.1) is 0 Å². The molecule has 0 radical (unpaired) electrons. The van der Waals surface area contributed by atoms with E-state index in [0.29, 0.717) is 106 Å². The Morgan fingerprint density at radius 2 is 0.829 bits per heavy atom. The van der Waals surface area contributed by atoms with Gasteiger partial charge in [0.1, 0.15) is 17.3 Å². The maximum Gasteiger partial charge on any atom is 0.394 e. The molecule has 0 bridgehead atoms. The first kappa shape index (κ1) is 89.0. The highest BCUT2D eigenvalue weighted by atomic mass is 32.3. The number of methoxy groups -OCH3 is 2. The van der Waals surface area contributed by atoms with Crippen molar-refractivity contribution < 1.29 is 55.8 Å². The number of hydrogen-bond acceptors (Lipinski definition) is 15. The fourth-order valence-electron chi connectivity index (χ4n) is 16.0. The number of carbonyl (C=O) groups is 6. The summed E-state index contributed by atoms with van der Waals surface area (Å²) in [5.74, 6) is 0.891. The summed E-state index contributed by atoms with van der Waals surface area (Å²) in [7, 11) is -1.47. The molecule has 1 aliphatic carbocycles. The number of imide groups is 1. The monoisotopic (exact) mass is 1600 g/mol. The van der Waals surface area contributed by atoms with Crippen LogP contribution in [0.5, 0.6) is 11.5 Å².